The Morgan fingerprint density at radius 1 is 1.14 bits per heavy atom. The van der Waals surface area contributed by atoms with E-state index in [1.165, 1.54) is 12.7 Å². The van der Waals surface area contributed by atoms with Gasteiger partial charge in [0.15, 0.2) is 0 Å². The zero-order valence-corrected chi connectivity index (χ0v) is 20.4. The molecule has 186 valence electrons. The number of hydrogen-bond acceptors (Lipinski definition) is 5. The van der Waals surface area contributed by atoms with Gasteiger partial charge in [0.1, 0.15) is 18.5 Å². The molecule has 2 bridgehead atoms. The van der Waals surface area contributed by atoms with E-state index < -0.39 is 6.10 Å². The van der Waals surface area contributed by atoms with Crippen molar-refractivity contribution >= 4 is 5.97 Å². The van der Waals surface area contributed by atoms with Gasteiger partial charge in [-0.15, -0.1) is 0 Å². The molecule has 0 spiro atoms. The summed E-state index contributed by atoms with van der Waals surface area (Å²) in [5, 5.41) is 10.5. The van der Waals surface area contributed by atoms with Crippen molar-refractivity contribution in [2.45, 2.75) is 49.7 Å². The Kier molecular flexibility index (Phi) is 8.78. The second kappa shape index (κ2) is 12.2. The lowest BCUT2D eigenvalue weighted by Gasteiger charge is -2.38. The molecular weight excluding hydrogens is 440 g/mol. The Bertz CT molecular complexity index is 986. The molecule has 5 nitrogen and oxygen atoms in total. The maximum atomic E-state index is 11.3. The second-order valence-electron chi connectivity index (χ2n) is 9.51. The highest BCUT2D eigenvalue weighted by atomic mass is 16.5. The fourth-order valence-corrected chi connectivity index (χ4v) is 5.53. The molecule has 1 saturated heterocycles. The summed E-state index contributed by atoms with van der Waals surface area (Å²) in [5.74, 6) is 1.18. The number of hydrogen-bond donors (Lipinski definition) is 1. The van der Waals surface area contributed by atoms with Crippen LogP contribution in [-0.2, 0) is 19.7 Å². The molecule has 2 aromatic carbocycles. The average molecular weight is 477 g/mol. The first kappa shape index (κ1) is 25.2. The molecule has 5 heteroatoms. The van der Waals surface area contributed by atoms with Crippen LogP contribution in [0, 0.1) is 11.8 Å². The van der Waals surface area contributed by atoms with E-state index in [9.17, 15) is 9.90 Å². The zero-order valence-electron chi connectivity index (χ0n) is 20.4. The normalized spacial score (nSPS) is 26.4. The number of carbonyl (C=O) groups excluding carboxylic acids is 1. The van der Waals surface area contributed by atoms with Gasteiger partial charge >= 0.3 is 5.97 Å². The highest BCUT2D eigenvalue weighted by Gasteiger charge is 2.58. The molecule has 0 aromatic heterocycles. The van der Waals surface area contributed by atoms with E-state index in [2.05, 4.69) is 48.6 Å². The van der Waals surface area contributed by atoms with Crippen LogP contribution in [0.15, 0.2) is 85.0 Å². The number of methoxy groups -OCH3 is 1. The number of para-hydroxylation sites is 1. The number of esters is 1. The van der Waals surface area contributed by atoms with E-state index >= 15 is 0 Å². The monoisotopic (exact) mass is 476 g/mol. The molecular formula is C30H36O5. The molecule has 1 aliphatic heterocycles. The number of aliphatic hydroxyl groups is 1. The van der Waals surface area contributed by atoms with Crippen molar-refractivity contribution in [2.75, 3.05) is 20.3 Å². The Labute approximate surface area is 208 Å². The highest BCUT2D eigenvalue weighted by Crippen LogP contribution is 2.57. The maximum Gasteiger partial charge on any atom is 0.305 e. The first-order chi connectivity index (χ1) is 17.1. The van der Waals surface area contributed by atoms with Gasteiger partial charge in [-0.2, -0.15) is 0 Å². The number of fused-ring (bicyclic) bond motifs is 2. The second-order valence-corrected chi connectivity index (χ2v) is 9.51. The summed E-state index contributed by atoms with van der Waals surface area (Å²) in [7, 11) is 1.43. The number of benzene rings is 2. The predicted octanol–water partition coefficient (Wildman–Crippen LogP) is 5.25. The first-order valence-electron chi connectivity index (χ1n) is 12.6. The van der Waals surface area contributed by atoms with E-state index in [-0.39, 0.29) is 30.0 Å². The van der Waals surface area contributed by atoms with E-state index in [0.717, 1.165) is 38.0 Å². The predicted molar refractivity (Wildman–Crippen MR) is 136 cm³/mol. The number of allylic oxidation sites excluding steroid dienone is 2. The minimum atomic E-state index is -0.684. The van der Waals surface area contributed by atoms with Crippen molar-refractivity contribution in [1.29, 1.82) is 0 Å². The van der Waals surface area contributed by atoms with Crippen molar-refractivity contribution in [3.8, 4) is 5.75 Å². The molecule has 1 saturated carbocycles. The van der Waals surface area contributed by atoms with Gasteiger partial charge in [-0.05, 0) is 49.3 Å². The quantitative estimate of drug-likeness (QED) is 0.258. The van der Waals surface area contributed by atoms with Gasteiger partial charge in [0.25, 0.3) is 0 Å². The van der Waals surface area contributed by atoms with Crippen LogP contribution in [0.3, 0.4) is 0 Å². The first-order valence-corrected chi connectivity index (χ1v) is 12.6. The van der Waals surface area contributed by atoms with Gasteiger partial charge in [0.05, 0.1) is 19.8 Å². The highest BCUT2D eigenvalue weighted by molar-refractivity contribution is 5.69. The van der Waals surface area contributed by atoms with E-state index in [0.29, 0.717) is 12.3 Å². The summed E-state index contributed by atoms with van der Waals surface area (Å²) < 4.78 is 16.7. The Hall–Kier alpha value is -2.89. The minimum Gasteiger partial charge on any atom is -0.491 e. The lowest BCUT2D eigenvalue weighted by molar-refractivity contribution is -0.140. The molecule has 2 fully saturated rings. The molecule has 0 amide bonds. The summed E-state index contributed by atoms with van der Waals surface area (Å²) in [4.78, 5) is 11.3. The minimum absolute atomic E-state index is 0.0250. The Morgan fingerprint density at radius 3 is 2.63 bits per heavy atom. The molecule has 1 heterocycles. The van der Waals surface area contributed by atoms with Gasteiger partial charge < -0.3 is 19.3 Å². The van der Waals surface area contributed by atoms with Crippen LogP contribution in [-0.4, -0.2) is 43.6 Å². The summed E-state index contributed by atoms with van der Waals surface area (Å²) in [5.41, 5.74) is 1.30. The average Bonchev–Trinajstić information content (AvgIpc) is 3.47. The third-order valence-corrected chi connectivity index (χ3v) is 7.33. The van der Waals surface area contributed by atoms with Gasteiger partial charge in [0.2, 0.25) is 0 Å². The number of ether oxygens (including phenoxy) is 3. The SMILES string of the molecule is COC(=O)CCC/C=C\C[C@@H]1[C@@H](/C=C/[C@@H](O)COc2ccccc2)[C@H]2C[C@]1(c1ccccc1)CO2. The number of unbranched alkanes of at least 4 members (excludes halogenated alkanes) is 1. The zero-order chi connectivity index (χ0) is 24.5. The molecule has 1 N–H and O–H groups in total. The van der Waals surface area contributed by atoms with E-state index in [1.54, 1.807) is 0 Å². The third kappa shape index (κ3) is 6.22. The Morgan fingerprint density at radius 2 is 1.89 bits per heavy atom. The fraction of sp³-hybridized carbons (Fsp3) is 0.433. The summed E-state index contributed by atoms with van der Waals surface area (Å²) in [6.07, 6.45) is 11.9. The molecule has 0 radical (unpaired) electrons. The molecule has 1 aliphatic carbocycles. The van der Waals surface area contributed by atoms with Crippen molar-refractivity contribution in [1.82, 2.24) is 0 Å². The van der Waals surface area contributed by atoms with Crippen LogP contribution in [0.25, 0.3) is 0 Å². The molecule has 4 rings (SSSR count). The van der Waals surface area contributed by atoms with E-state index in [4.69, 9.17) is 14.2 Å². The summed E-state index contributed by atoms with van der Waals surface area (Å²) in [6.45, 7) is 0.944. The van der Waals surface area contributed by atoms with Gasteiger partial charge in [-0.25, -0.2) is 0 Å². The van der Waals surface area contributed by atoms with Gasteiger partial charge in [-0.1, -0.05) is 72.8 Å². The van der Waals surface area contributed by atoms with Crippen LogP contribution in [0.1, 0.15) is 37.7 Å². The van der Waals surface area contributed by atoms with Gasteiger partial charge in [0, 0.05) is 17.8 Å². The lowest BCUT2D eigenvalue weighted by Crippen LogP contribution is -2.39. The Balaban J connectivity index is 1.43. The molecule has 0 unspecified atom stereocenters. The standard InChI is InChI=1S/C30H36O5/c1-33-29(32)17-11-3-2-10-16-27-26(19-18-24(31)21-34-25-14-8-5-9-15-25)28-20-30(27,22-35-28)23-12-6-4-7-13-23/h2,4-10,12-15,18-19,24,26-28,31H,3,11,16-17,20-22H2,1H3/b10-2-,19-18+/t24-,26-,27-,28-,30-/m1/s1. The van der Waals surface area contributed by atoms with Crippen molar-refractivity contribution in [3.05, 3.63) is 90.5 Å². The van der Waals surface area contributed by atoms with Crippen molar-refractivity contribution in [3.63, 3.8) is 0 Å². The maximum absolute atomic E-state index is 11.3. The molecule has 2 aromatic rings. The third-order valence-electron chi connectivity index (χ3n) is 7.33. The number of aliphatic hydroxyl groups excluding tert-OH is 1. The number of rotatable bonds is 12. The lowest BCUT2D eigenvalue weighted by atomic mass is 9.69. The fourth-order valence-electron chi connectivity index (χ4n) is 5.53. The van der Waals surface area contributed by atoms with Crippen molar-refractivity contribution < 1.29 is 24.1 Å². The topological polar surface area (TPSA) is 65.0 Å². The summed E-state index contributed by atoms with van der Waals surface area (Å²) >= 11 is 0. The number of carbonyl (C=O) groups is 1. The van der Waals surface area contributed by atoms with E-state index in [1.807, 2.05) is 36.4 Å². The van der Waals surface area contributed by atoms with Crippen LogP contribution in [0.4, 0.5) is 0 Å². The smallest absolute Gasteiger partial charge is 0.305 e. The molecule has 2 aliphatic rings. The largest absolute Gasteiger partial charge is 0.491 e. The molecule has 5 atom stereocenters. The van der Waals surface area contributed by atoms with Crippen LogP contribution in [0.5, 0.6) is 5.75 Å². The molecule has 35 heavy (non-hydrogen) atoms. The van der Waals surface area contributed by atoms with Crippen LogP contribution in [0.2, 0.25) is 0 Å². The summed E-state index contributed by atoms with van der Waals surface area (Å²) in [6, 6.07) is 20.2. The van der Waals surface area contributed by atoms with Crippen LogP contribution >= 0.6 is 0 Å². The van der Waals surface area contributed by atoms with Gasteiger partial charge in [-0.3, -0.25) is 4.79 Å². The van der Waals surface area contributed by atoms with Crippen molar-refractivity contribution in [2.24, 2.45) is 11.8 Å². The van der Waals surface area contributed by atoms with Crippen LogP contribution < -0.4 is 4.74 Å².